The molecule has 0 unspecified atom stereocenters. The highest BCUT2D eigenvalue weighted by Gasteiger charge is 2.18. The van der Waals surface area contributed by atoms with Gasteiger partial charge >= 0.3 is 0 Å². The Morgan fingerprint density at radius 2 is 0.600 bits per heavy atom. The second kappa shape index (κ2) is 14.2. The molecule has 0 amide bonds. The van der Waals surface area contributed by atoms with Crippen molar-refractivity contribution in [1.82, 2.24) is 4.98 Å². The lowest BCUT2D eigenvalue weighted by Crippen LogP contribution is -2.12. The second-order valence-corrected chi connectivity index (χ2v) is 14.6. The number of fused-ring (bicyclic) bond motifs is 3. The van der Waals surface area contributed by atoms with Crippen LogP contribution in [0.25, 0.3) is 44.1 Å². The van der Waals surface area contributed by atoms with Gasteiger partial charge in [0.05, 0.1) is 0 Å². The Hall–Kier alpha value is -6.84. The molecule has 9 rings (SSSR count). The highest BCUT2D eigenvalue weighted by atomic mass is 15.2. The van der Waals surface area contributed by atoms with Crippen LogP contribution in [0.1, 0.15) is 22.3 Å². The third-order valence-electron chi connectivity index (χ3n) is 10.9. The molecule has 0 spiro atoms. The van der Waals surface area contributed by atoms with Gasteiger partial charge in [0.15, 0.2) is 0 Å². The number of aryl methyl sites for hydroxylation is 4. The molecule has 0 bridgehead atoms. The van der Waals surface area contributed by atoms with Gasteiger partial charge in [0.1, 0.15) is 0 Å². The number of rotatable bonds is 8. The van der Waals surface area contributed by atoms with Gasteiger partial charge in [-0.2, -0.15) is 0 Å². The van der Waals surface area contributed by atoms with Crippen LogP contribution in [0.4, 0.5) is 34.1 Å². The Labute approximate surface area is 323 Å². The molecular weight excluding hydrogens is 667 g/mol. The van der Waals surface area contributed by atoms with Crippen LogP contribution in [0.5, 0.6) is 0 Å². The van der Waals surface area contributed by atoms with Crippen LogP contribution in [0.15, 0.2) is 182 Å². The summed E-state index contributed by atoms with van der Waals surface area (Å²) >= 11 is 0. The second-order valence-electron chi connectivity index (χ2n) is 14.6. The van der Waals surface area contributed by atoms with Gasteiger partial charge in [0, 0.05) is 55.9 Å². The standard InChI is InChI=1S/C52H43N3/c1-35-13-5-9-17-49(35)54(50-18-10-6-14-36(50)2)43-27-21-39(22-28-43)41-25-31-47-45(33-41)46-34-42(26-32-48(46)53-47)40-23-29-44(30-24-40)55(51-19-11-7-15-37(51)3)52-20-12-8-16-38(52)4/h5-34,53H,1-4H3. The molecule has 0 aliphatic heterocycles. The number of anilines is 6. The van der Waals surface area contributed by atoms with Crippen molar-refractivity contribution in [3.8, 4) is 22.3 Å². The van der Waals surface area contributed by atoms with E-state index in [4.69, 9.17) is 0 Å². The number of aromatic amines is 1. The summed E-state index contributed by atoms with van der Waals surface area (Å²) in [6.45, 7) is 8.72. The summed E-state index contributed by atoms with van der Waals surface area (Å²) in [6.07, 6.45) is 0. The number of H-pyrrole nitrogens is 1. The van der Waals surface area contributed by atoms with Crippen molar-refractivity contribution < 1.29 is 0 Å². The lowest BCUT2D eigenvalue weighted by molar-refractivity contribution is 1.23. The number of hydrogen-bond acceptors (Lipinski definition) is 2. The Kier molecular flexibility index (Phi) is 8.76. The van der Waals surface area contributed by atoms with E-state index in [1.54, 1.807) is 0 Å². The number of aromatic nitrogens is 1. The van der Waals surface area contributed by atoms with Crippen LogP contribution in [-0.2, 0) is 0 Å². The topological polar surface area (TPSA) is 22.3 Å². The van der Waals surface area contributed by atoms with E-state index in [9.17, 15) is 0 Å². The van der Waals surface area contributed by atoms with Crippen molar-refractivity contribution in [3.63, 3.8) is 0 Å². The largest absolute Gasteiger partial charge is 0.355 e. The quantitative estimate of drug-likeness (QED) is 0.170. The molecule has 9 aromatic rings. The summed E-state index contributed by atoms with van der Waals surface area (Å²) in [5.41, 5.74) is 19.0. The molecule has 3 heteroatoms. The Morgan fingerprint density at radius 1 is 0.309 bits per heavy atom. The molecule has 0 radical (unpaired) electrons. The van der Waals surface area contributed by atoms with Gasteiger partial charge in [-0.25, -0.2) is 0 Å². The minimum Gasteiger partial charge on any atom is -0.355 e. The Bertz CT molecular complexity index is 2520. The van der Waals surface area contributed by atoms with E-state index in [0.29, 0.717) is 0 Å². The van der Waals surface area contributed by atoms with Gasteiger partial charge < -0.3 is 14.8 Å². The molecule has 55 heavy (non-hydrogen) atoms. The molecule has 8 aromatic carbocycles. The summed E-state index contributed by atoms with van der Waals surface area (Å²) in [5, 5.41) is 2.45. The zero-order valence-electron chi connectivity index (χ0n) is 31.7. The first-order chi connectivity index (χ1) is 26.9. The van der Waals surface area contributed by atoms with Crippen molar-refractivity contribution in [2.45, 2.75) is 27.7 Å². The lowest BCUT2D eigenvalue weighted by atomic mass is 9.99. The lowest BCUT2D eigenvalue weighted by Gasteiger charge is -2.28. The predicted octanol–water partition coefficient (Wildman–Crippen LogP) is 14.8. The molecule has 0 saturated carbocycles. The highest BCUT2D eigenvalue weighted by Crippen LogP contribution is 2.41. The first-order valence-corrected chi connectivity index (χ1v) is 19.0. The van der Waals surface area contributed by atoms with Crippen LogP contribution in [0.2, 0.25) is 0 Å². The smallest absolute Gasteiger partial charge is 0.0490 e. The SMILES string of the molecule is Cc1ccccc1N(c1ccc(-c2ccc3[nH]c4ccc(-c5ccc(N(c6ccccc6C)c6ccccc6C)cc5)cc4c3c2)cc1)c1ccccc1C. The van der Waals surface area contributed by atoms with Crippen molar-refractivity contribution in [2.75, 3.05) is 9.80 Å². The van der Waals surface area contributed by atoms with Crippen LogP contribution < -0.4 is 9.80 Å². The first-order valence-electron chi connectivity index (χ1n) is 19.0. The summed E-state index contributed by atoms with van der Waals surface area (Å²) < 4.78 is 0. The summed E-state index contributed by atoms with van der Waals surface area (Å²) in [6, 6.07) is 65.9. The van der Waals surface area contributed by atoms with Gasteiger partial charge in [0.2, 0.25) is 0 Å². The normalized spacial score (nSPS) is 11.3. The van der Waals surface area contributed by atoms with E-state index in [1.165, 1.54) is 78.0 Å². The maximum Gasteiger partial charge on any atom is 0.0490 e. The number of nitrogens with zero attached hydrogens (tertiary/aromatic N) is 2. The minimum atomic E-state index is 1.14. The third-order valence-corrected chi connectivity index (χ3v) is 10.9. The Balaban J connectivity index is 1.05. The van der Waals surface area contributed by atoms with Crippen LogP contribution >= 0.6 is 0 Å². The molecule has 266 valence electrons. The van der Waals surface area contributed by atoms with E-state index in [2.05, 4.69) is 224 Å². The average Bonchev–Trinajstić information content (AvgIpc) is 3.59. The molecule has 0 aliphatic carbocycles. The molecule has 1 aromatic heterocycles. The highest BCUT2D eigenvalue weighted by molar-refractivity contribution is 6.09. The van der Waals surface area contributed by atoms with E-state index in [-0.39, 0.29) is 0 Å². The number of benzene rings is 8. The van der Waals surface area contributed by atoms with Gasteiger partial charge in [-0.05, 0) is 145 Å². The van der Waals surface area contributed by atoms with Crippen molar-refractivity contribution in [3.05, 3.63) is 204 Å². The third kappa shape index (κ3) is 6.34. The van der Waals surface area contributed by atoms with E-state index < -0.39 is 0 Å². The Morgan fingerprint density at radius 3 is 0.909 bits per heavy atom. The fourth-order valence-electron chi connectivity index (χ4n) is 7.94. The molecule has 0 fully saturated rings. The number of hydrogen-bond donors (Lipinski definition) is 1. The summed E-state index contributed by atoms with van der Waals surface area (Å²) in [4.78, 5) is 8.40. The van der Waals surface area contributed by atoms with E-state index >= 15 is 0 Å². The molecular formula is C52H43N3. The monoisotopic (exact) mass is 709 g/mol. The van der Waals surface area contributed by atoms with Gasteiger partial charge in [-0.1, -0.05) is 109 Å². The van der Waals surface area contributed by atoms with Gasteiger partial charge in [-0.3, -0.25) is 0 Å². The van der Waals surface area contributed by atoms with Gasteiger partial charge in [-0.15, -0.1) is 0 Å². The predicted molar refractivity (Wildman–Crippen MR) is 235 cm³/mol. The van der Waals surface area contributed by atoms with E-state index in [0.717, 1.165) is 22.4 Å². The van der Waals surface area contributed by atoms with Crippen LogP contribution in [0, 0.1) is 27.7 Å². The molecule has 0 atom stereocenters. The number of nitrogens with one attached hydrogen (secondary N) is 1. The number of para-hydroxylation sites is 4. The molecule has 3 nitrogen and oxygen atoms in total. The van der Waals surface area contributed by atoms with Crippen LogP contribution in [0.3, 0.4) is 0 Å². The van der Waals surface area contributed by atoms with Crippen LogP contribution in [-0.4, -0.2) is 4.98 Å². The zero-order chi connectivity index (χ0) is 37.5. The maximum absolute atomic E-state index is 3.66. The molecule has 1 N–H and O–H groups in total. The average molecular weight is 710 g/mol. The molecule has 0 aliphatic rings. The summed E-state index contributed by atoms with van der Waals surface area (Å²) in [7, 11) is 0. The van der Waals surface area contributed by atoms with Crippen molar-refractivity contribution in [1.29, 1.82) is 0 Å². The minimum absolute atomic E-state index is 1.14. The van der Waals surface area contributed by atoms with Crippen molar-refractivity contribution in [2.24, 2.45) is 0 Å². The molecule has 1 heterocycles. The van der Waals surface area contributed by atoms with E-state index in [1.807, 2.05) is 0 Å². The first kappa shape index (κ1) is 34.0. The summed E-state index contributed by atoms with van der Waals surface area (Å²) in [5.74, 6) is 0. The van der Waals surface area contributed by atoms with Crippen molar-refractivity contribution >= 4 is 55.9 Å². The fraction of sp³-hybridized carbons (Fsp3) is 0.0769. The maximum atomic E-state index is 3.66. The zero-order valence-corrected chi connectivity index (χ0v) is 31.7. The van der Waals surface area contributed by atoms with Gasteiger partial charge in [0.25, 0.3) is 0 Å². The fourth-order valence-corrected chi connectivity index (χ4v) is 7.94. The molecule has 0 saturated heterocycles.